The largest absolute Gasteiger partial charge is 0.496 e. The Balaban J connectivity index is 3.24. The van der Waals surface area contributed by atoms with Crippen LogP contribution in [-0.2, 0) is 0 Å². The third kappa shape index (κ3) is 2.17. The summed E-state index contributed by atoms with van der Waals surface area (Å²) in [5, 5.41) is 11.4. The minimum absolute atomic E-state index is 0.586. The fraction of sp³-hybridized carbons (Fsp3) is 0.222. The number of hydrogen-bond donors (Lipinski definition) is 1. The van der Waals surface area contributed by atoms with Crippen LogP contribution in [0.2, 0.25) is 0 Å². The zero-order valence-electron chi connectivity index (χ0n) is 7.82. The van der Waals surface area contributed by atoms with Gasteiger partial charge in [-0.2, -0.15) is 0 Å². The maximum atomic E-state index is 8.42. The van der Waals surface area contributed by atoms with Crippen molar-refractivity contribution in [1.29, 1.82) is 0 Å². The Morgan fingerprint density at radius 2 is 1.93 bits per heavy atom. The van der Waals surface area contributed by atoms with Crippen LogP contribution in [0.4, 0.5) is 0 Å². The molecule has 0 spiro atoms. The molecule has 0 aromatic heterocycles. The third-order valence-corrected chi connectivity index (χ3v) is 2.32. The molecule has 0 saturated heterocycles. The van der Waals surface area contributed by atoms with Crippen LogP contribution in [0.15, 0.2) is 21.8 Å². The highest BCUT2D eigenvalue weighted by Gasteiger charge is 2.07. The first-order chi connectivity index (χ1) is 6.72. The van der Waals surface area contributed by atoms with Gasteiger partial charge in [-0.15, -0.1) is 0 Å². The normalized spacial score (nSPS) is 10.5. The van der Waals surface area contributed by atoms with E-state index in [0.717, 1.165) is 4.47 Å². The highest BCUT2D eigenvalue weighted by Crippen LogP contribution is 2.31. The molecule has 1 N–H and O–H groups in total. The molecule has 0 heterocycles. The van der Waals surface area contributed by atoms with Crippen molar-refractivity contribution in [2.24, 2.45) is 5.16 Å². The Morgan fingerprint density at radius 1 is 1.29 bits per heavy atom. The van der Waals surface area contributed by atoms with Gasteiger partial charge in [0.1, 0.15) is 11.5 Å². The monoisotopic (exact) mass is 259 g/mol. The van der Waals surface area contributed by atoms with Gasteiger partial charge in [0.05, 0.1) is 24.9 Å². The summed E-state index contributed by atoms with van der Waals surface area (Å²) in [5.41, 5.74) is 0.669. The summed E-state index contributed by atoms with van der Waals surface area (Å²) in [6.45, 7) is 0. The van der Waals surface area contributed by atoms with Crippen LogP contribution < -0.4 is 9.47 Å². The summed E-state index contributed by atoms with van der Waals surface area (Å²) in [4.78, 5) is 0. The summed E-state index contributed by atoms with van der Waals surface area (Å²) in [5.74, 6) is 1.25. The topological polar surface area (TPSA) is 51.0 Å². The molecular weight excluding hydrogens is 250 g/mol. The summed E-state index contributed by atoms with van der Waals surface area (Å²) in [6, 6.07) is 3.46. The van der Waals surface area contributed by atoms with Crippen LogP contribution in [0, 0.1) is 0 Å². The van der Waals surface area contributed by atoms with E-state index in [2.05, 4.69) is 21.1 Å². The Labute approximate surface area is 90.3 Å². The van der Waals surface area contributed by atoms with Crippen molar-refractivity contribution >= 4 is 22.1 Å². The lowest BCUT2D eigenvalue weighted by Crippen LogP contribution is -1.93. The van der Waals surface area contributed by atoms with Gasteiger partial charge in [-0.05, 0) is 22.0 Å². The van der Waals surface area contributed by atoms with Gasteiger partial charge in [0.15, 0.2) is 0 Å². The molecule has 0 aliphatic heterocycles. The van der Waals surface area contributed by atoms with E-state index in [-0.39, 0.29) is 0 Å². The minimum atomic E-state index is 0.586. The number of methoxy groups -OCH3 is 2. The molecule has 76 valence electrons. The van der Waals surface area contributed by atoms with Crippen LogP contribution in [-0.4, -0.2) is 25.6 Å². The lowest BCUT2D eigenvalue weighted by atomic mass is 10.2. The molecular formula is C9H10BrNO3. The zero-order chi connectivity index (χ0) is 10.6. The van der Waals surface area contributed by atoms with Crippen molar-refractivity contribution in [2.75, 3.05) is 14.2 Å². The Morgan fingerprint density at radius 3 is 2.43 bits per heavy atom. The average molecular weight is 260 g/mol. The smallest absolute Gasteiger partial charge is 0.136 e. The predicted octanol–water partition coefficient (Wildman–Crippen LogP) is 2.27. The lowest BCUT2D eigenvalue weighted by Gasteiger charge is -2.08. The maximum absolute atomic E-state index is 8.42. The van der Waals surface area contributed by atoms with Crippen LogP contribution >= 0.6 is 15.9 Å². The molecule has 1 aromatic rings. The van der Waals surface area contributed by atoms with Gasteiger partial charge in [-0.1, -0.05) is 5.16 Å². The predicted molar refractivity (Wildman–Crippen MR) is 56.6 cm³/mol. The maximum Gasteiger partial charge on any atom is 0.136 e. The van der Waals surface area contributed by atoms with Gasteiger partial charge in [0.25, 0.3) is 0 Å². The molecule has 0 bridgehead atoms. The van der Waals surface area contributed by atoms with E-state index in [1.807, 2.05) is 0 Å². The molecule has 14 heavy (non-hydrogen) atoms. The molecule has 0 aliphatic rings. The van der Waals surface area contributed by atoms with E-state index in [1.165, 1.54) is 13.3 Å². The second kappa shape index (κ2) is 4.85. The Bertz CT molecular complexity index is 352. The van der Waals surface area contributed by atoms with Gasteiger partial charge in [0.2, 0.25) is 0 Å². The van der Waals surface area contributed by atoms with Crippen molar-refractivity contribution in [3.05, 3.63) is 22.2 Å². The van der Waals surface area contributed by atoms with E-state index in [4.69, 9.17) is 14.7 Å². The number of ether oxygens (including phenoxy) is 2. The molecule has 4 nitrogen and oxygen atoms in total. The molecule has 0 amide bonds. The van der Waals surface area contributed by atoms with Crippen molar-refractivity contribution < 1.29 is 14.7 Å². The number of halogens is 1. The molecule has 1 aromatic carbocycles. The number of nitrogens with zero attached hydrogens (tertiary/aromatic N) is 1. The van der Waals surface area contributed by atoms with Crippen LogP contribution in [0.25, 0.3) is 0 Å². The number of rotatable bonds is 3. The first-order valence-electron chi connectivity index (χ1n) is 3.82. The standard InChI is InChI=1S/C9H10BrNO3/c1-13-8-4-9(14-2)7(10)3-6(8)5-11-12/h3-5,12H,1-2H3/b11-5-. The summed E-state index contributed by atoms with van der Waals surface area (Å²) < 4.78 is 11.0. The molecule has 0 radical (unpaired) electrons. The molecule has 0 unspecified atom stereocenters. The van der Waals surface area contributed by atoms with Gasteiger partial charge >= 0.3 is 0 Å². The van der Waals surface area contributed by atoms with Crippen LogP contribution in [0.5, 0.6) is 11.5 Å². The SMILES string of the molecule is COc1cc(OC)c(/C=N\O)cc1Br. The van der Waals surface area contributed by atoms with Crippen molar-refractivity contribution in [1.82, 2.24) is 0 Å². The van der Waals surface area contributed by atoms with Crippen LogP contribution in [0.3, 0.4) is 0 Å². The molecule has 0 atom stereocenters. The second-order valence-electron chi connectivity index (χ2n) is 2.47. The first-order valence-corrected chi connectivity index (χ1v) is 4.61. The van der Waals surface area contributed by atoms with E-state index in [9.17, 15) is 0 Å². The van der Waals surface area contributed by atoms with Gasteiger partial charge < -0.3 is 14.7 Å². The number of benzene rings is 1. The van der Waals surface area contributed by atoms with Crippen molar-refractivity contribution in [2.45, 2.75) is 0 Å². The molecule has 0 aliphatic carbocycles. The van der Waals surface area contributed by atoms with Gasteiger partial charge in [-0.3, -0.25) is 0 Å². The highest BCUT2D eigenvalue weighted by molar-refractivity contribution is 9.10. The molecule has 0 fully saturated rings. The fourth-order valence-corrected chi connectivity index (χ4v) is 1.57. The highest BCUT2D eigenvalue weighted by atomic mass is 79.9. The summed E-state index contributed by atoms with van der Waals surface area (Å²) in [6.07, 6.45) is 1.29. The minimum Gasteiger partial charge on any atom is -0.496 e. The summed E-state index contributed by atoms with van der Waals surface area (Å²) in [7, 11) is 3.11. The van der Waals surface area contributed by atoms with E-state index in [1.54, 1.807) is 19.2 Å². The number of hydrogen-bond acceptors (Lipinski definition) is 4. The number of oxime groups is 1. The van der Waals surface area contributed by atoms with E-state index in [0.29, 0.717) is 17.1 Å². The average Bonchev–Trinajstić information content (AvgIpc) is 2.19. The van der Waals surface area contributed by atoms with Crippen LogP contribution in [0.1, 0.15) is 5.56 Å². The quantitative estimate of drug-likeness (QED) is 0.515. The van der Waals surface area contributed by atoms with Gasteiger partial charge in [-0.25, -0.2) is 0 Å². The Kier molecular flexibility index (Phi) is 3.76. The Hall–Kier alpha value is -1.23. The van der Waals surface area contributed by atoms with Crippen molar-refractivity contribution in [3.63, 3.8) is 0 Å². The van der Waals surface area contributed by atoms with E-state index >= 15 is 0 Å². The lowest BCUT2D eigenvalue weighted by molar-refractivity contribution is 0.321. The van der Waals surface area contributed by atoms with Gasteiger partial charge in [0, 0.05) is 11.6 Å². The van der Waals surface area contributed by atoms with Crippen molar-refractivity contribution in [3.8, 4) is 11.5 Å². The molecule has 1 rings (SSSR count). The first kappa shape index (κ1) is 10.8. The zero-order valence-corrected chi connectivity index (χ0v) is 9.41. The summed E-state index contributed by atoms with van der Waals surface area (Å²) >= 11 is 3.32. The molecule has 0 saturated carbocycles. The van der Waals surface area contributed by atoms with E-state index < -0.39 is 0 Å². The fourth-order valence-electron chi connectivity index (χ4n) is 1.05. The third-order valence-electron chi connectivity index (χ3n) is 1.70. The second-order valence-corrected chi connectivity index (χ2v) is 3.33. The molecule has 5 heteroatoms.